The molecule has 68 valence electrons. The fraction of sp³-hybridized carbons (Fsp3) is 0.111. The van der Waals surface area contributed by atoms with Crippen LogP contribution < -0.4 is 5.32 Å². The number of hydrogen-bond acceptors (Lipinski definition) is 2. The van der Waals surface area contributed by atoms with Crippen molar-refractivity contribution >= 4 is 21.8 Å². The van der Waals surface area contributed by atoms with Gasteiger partial charge in [0, 0.05) is 6.54 Å². The summed E-state index contributed by atoms with van der Waals surface area (Å²) < 4.78 is 0.652. The Kier molecular flexibility index (Phi) is 3.64. The van der Waals surface area contributed by atoms with Crippen molar-refractivity contribution in [2.24, 2.45) is 0 Å². The van der Waals surface area contributed by atoms with Crippen LogP contribution in [0.25, 0.3) is 0 Å². The first kappa shape index (κ1) is 9.92. The van der Waals surface area contributed by atoms with Crippen molar-refractivity contribution in [1.82, 2.24) is 10.3 Å². The van der Waals surface area contributed by atoms with Gasteiger partial charge in [0.25, 0.3) is 5.91 Å². The van der Waals surface area contributed by atoms with E-state index in [0.717, 1.165) is 0 Å². The van der Waals surface area contributed by atoms with Crippen molar-refractivity contribution in [3.05, 3.63) is 41.2 Å². The normalized spacial score (nSPS) is 9.31. The maximum absolute atomic E-state index is 11.3. The molecular weight excluding hydrogens is 232 g/mol. The molecule has 1 amide bonds. The van der Waals surface area contributed by atoms with Crippen LogP contribution in [0.15, 0.2) is 35.5 Å². The van der Waals surface area contributed by atoms with Gasteiger partial charge < -0.3 is 5.32 Å². The van der Waals surface area contributed by atoms with Gasteiger partial charge in [-0.15, -0.1) is 6.58 Å². The molecule has 0 bridgehead atoms. The molecule has 0 atom stereocenters. The second-order valence-electron chi connectivity index (χ2n) is 2.34. The van der Waals surface area contributed by atoms with Crippen LogP contribution in [0.4, 0.5) is 0 Å². The lowest BCUT2D eigenvalue weighted by Crippen LogP contribution is -2.24. The summed E-state index contributed by atoms with van der Waals surface area (Å²) in [5.74, 6) is -0.193. The Morgan fingerprint density at radius 1 is 1.69 bits per heavy atom. The number of pyridine rings is 1. The number of aromatic nitrogens is 1. The monoisotopic (exact) mass is 240 g/mol. The van der Waals surface area contributed by atoms with Crippen molar-refractivity contribution in [2.75, 3.05) is 6.54 Å². The van der Waals surface area contributed by atoms with Gasteiger partial charge in [-0.1, -0.05) is 12.1 Å². The van der Waals surface area contributed by atoms with Gasteiger partial charge in [0.05, 0.1) is 0 Å². The van der Waals surface area contributed by atoms with Crippen LogP contribution in [0.2, 0.25) is 0 Å². The molecule has 0 aromatic carbocycles. The van der Waals surface area contributed by atoms with E-state index in [1.165, 1.54) is 0 Å². The van der Waals surface area contributed by atoms with Gasteiger partial charge in [-0.2, -0.15) is 0 Å². The third-order valence-electron chi connectivity index (χ3n) is 1.35. The zero-order chi connectivity index (χ0) is 9.68. The lowest BCUT2D eigenvalue weighted by Gasteiger charge is -2.00. The Balaban J connectivity index is 2.71. The molecule has 0 radical (unpaired) electrons. The maximum Gasteiger partial charge on any atom is 0.270 e. The number of amides is 1. The van der Waals surface area contributed by atoms with Gasteiger partial charge in [-0.05, 0) is 28.1 Å². The van der Waals surface area contributed by atoms with Crippen LogP contribution >= 0.6 is 15.9 Å². The molecule has 0 spiro atoms. The van der Waals surface area contributed by atoms with Crippen LogP contribution in [0.5, 0.6) is 0 Å². The quantitative estimate of drug-likeness (QED) is 0.647. The molecule has 1 aromatic rings. The molecular formula is C9H9BrN2O. The molecule has 1 N–H and O–H groups in total. The fourth-order valence-corrected chi connectivity index (χ4v) is 1.13. The third kappa shape index (κ3) is 2.99. The second-order valence-corrected chi connectivity index (χ2v) is 3.16. The van der Waals surface area contributed by atoms with E-state index < -0.39 is 0 Å². The van der Waals surface area contributed by atoms with E-state index >= 15 is 0 Å². The number of nitrogens with one attached hydrogen (secondary N) is 1. The second kappa shape index (κ2) is 4.77. The average Bonchev–Trinajstić information content (AvgIpc) is 2.14. The largest absolute Gasteiger partial charge is 0.347 e. The minimum absolute atomic E-state index is 0.193. The van der Waals surface area contributed by atoms with Gasteiger partial charge in [0.15, 0.2) is 0 Å². The molecule has 0 unspecified atom stereocenters. The summed E-state index contributed by atoms with van der Waals surface area (Å²) in [5, 5.41) is 2.64. The van der Waals surface area contributed by atoms with Gasteiger partial charge in [-0.3, -0.25) is 4.79 Å². The predicted octanol–water partition coefficient (Wildman–Crippen LogP) is 1.76. The number of rotatable bonds is 3. The van der Waals surface area contributed by atoms with E-state index in [9.17, 15) is 4.79 Å². The molecule has 0 aliphatic rings. The molecule has 13 heavy (non-hydrogen) atoms. The molecule has 1 rings (SSSR count). The molecule has 0 aliphatic carbocycles. The van der Waals surface area contributed by atoms with Crippen LogP contribution in [-0.2, 0) is 0 Å². The first-order valence-electron chi connectivity index (χ1n) is 3.75. The fourth-order valence-electron chi connectivity index (χ4n) is 0.790. The maximum atomic E-state index is 11.3. The van der Waals surface area contributed by atoms with E-state index in [-0.39, 0.29) is 5.91 Å². The molecule has 1 heterocycles. The van der Waals surface area contributed by atoms with Crippen molar-refractivity contribution in [2.45, 2.75) is 0 Å². The van der Waals surface area contributed by atoms with Gasteiger partial charge in [0.1, 0.15) is 10.3 Å². The molecule has 0 fully saturated rings. The standard InChI is InChI=1S/C9H9BrN2O/c1-2-6-11-9(13)7-4-3-5-8(10)12-7/h2-5H,1,6H2,(H,11,13). The Hall–Kier alpha value is -1.16. The van der Waals surface area contributed by atoms with Crippen LogP contribution in [0.1, 0.15) is 10.5 Å². The summed E-state index contributed by atoms with van der Waals surface area (Å²) >= 11 is 3.19. The van der Waals surface area contributed by atoms with Crippen molar-refractivity contribution in [1.29, 1.82) is 0 Å². The smallest absolute Gasteiger partial charge is 0.270 e. The van der Waals surface area contributed by atoms with Crippen molar-refractivity contribution in [3.63, 3.8) is 0 Å². The van der Waals surface area contributed by atoms with Crippen LogP contribution in [0.3, 0.4) is 0 Å². The Labute approximate surface area is 85.0 Å². The lowest BCUT2D eigenvalue weighted by atomic mass is 10.3. The van der Waals surface area contributed by atoms with E-state index in [4.69, 9.17) is 0 Å². The lowest BCUT2D eigenvalue weighted by molar-refractivity contribution is 0.0953. The highest BCUT2D eigenvalue weighted by Crippen LogP contribution is 2.05. The molecule has 0 saturated carbocycles. The van der Waals surface area contributed by atoms with Crippen molar-refractivity contribution < 1.29 is 4.79 Å². The van der Waals surface area contributed by atoms with Gasteiger partial charge in [0.2, 0.25) is 0 Å². The Morgan fingerprint density at radius 3 is 3.08 bits per heavy atom. The van der Waals surface area contributed by atoms with E-state index in [2.05, 4.69) is 32.8 Å². The Bertz CT molecular complexity index is 325. The topological polar surface area (TPSA) is 42.0 Å². The van der Waals surface area contributed by atoms with E-state index in [1.807, 2.05) is 0 Å². The number of hydrogen-bond donors (Lipinski definition) is 1. The number of nitrogens with zero attached hydrogens (tertiary/aromatic N) is 1. The highest BCUT2D eigenvalue weighted by Gasteiger charge is 2.04. The van der Waals surface area contributed by atoms with Gasteiger partial charge in [-0.25, -0.2) is 4.98 Å². The van der Waals surface area contributed by atoms with Crippen LogP contribution in [0, 0.1) is 0 Å². The summed E-state index contributed by atoms with van der Waals surface area (Å²) in [6.07, 6.45) is 1.62. The molecule has 1 aromatic heterocycles. The first-order chi connectivity index (χ1) is 6.24. The average molecular weight is 241 g/mol. The Morgan fingerprint density at radius 2 is 2.46 bits per heavy atom. The molecule has 0 aliphatic heterocycles. The van der Waals surface area contributed by atoms with Crippen LogP contribution in [-0.4, -0.2) is 17.4 Å². The number of halogens is 1. The number of carbonyl (C=O) groups excluding carboxylic acids is 1. The van der Waals surface area contributed by atoms with E-state index in [0.29, 0.717) is 16.8 Å². The molecule has 3 nitrogen and oxygen atoms in total. The minimum atomic E-state index is -0.193. The SMILES string of the molecule is C=CCNC(=O)c1cccc(Br)n1. The summed E-state index contributed by atoms with van der Waals surface area (Å²) in [6, 6.07) is 5.19. The minimum Gasteiger partial charge on any atom is -0.347 e. The van der Waals surface area contributed by atoms with Gasteiger partial charge >= 0.3 is 0 Å². The van der Waals surface area contributed by atoms with E-state index in [1.54, 1.807) is 24.3 Å². The molecule has 0 saturated heterocycles. The molecule has 4 heteroatoms. The first-order valence-corrected chi connectivity index (χ1v) is 4.55. The summed E-state index contributed by atoms with van der Waals surface area (Å²) in [6.45, 7) is 3.95. The third-order valence-corrected chi connectivity index (χ3v) is 1.80. The highest BCUT2D eigenvalue weighted by molar-refractivity contribution is 9.10. The zero-order valence-corrected chi connectivity index (χ0v) is 8.54. The zero-order valence-electron chi connectivity index (χ0n) is 6.96. The number of carbonyl (C=O) groups is 1. The predicted molar refractivity (Wildman–Crippen MR) is 54.5 cm³/mol. The summed E-state index contributed by atoms with van der Waals surface area (Å²) in [7, 11) is 0. The summed E-state index contributed by atoms with van der Waals surface area (Å²) in [5.41, 5.74) is 0.399. The van der Waals surface area contributed by atoms with Crippen molar-refractivity contribution in [3.8, 4) is 0 Å². The highest BCUT2D eigenvalue weighted by atomic mass is 79.9. The summed E-state index contributed by atoms with van der Waals surface area (Å²) in [4.78, 5) is 15.3.